The zero-order valence-electron chi connectivity index (χ0n) is 18.2. The topological polar surface area (TPSA) is 123 Å². The molecule has 0 spiro atoms. The Bertz CT molecular complexity index is 1300. The molecule has 0 aliphatic carbocycles. The molecule has 1 unspecified atom stereocenters. The van der Waals surface area contributed by atoms with E-state index < -0.39 is 33.8 Å². The number of carbonyl (C=O) groups is 2. The SMILES string of the molecule is COc1ccccc1NS(=O)(=O)c1cccc(C(=O)NNC(=O)C(C)Oc2ccccc2F)c1. The first-order valence-corrected chi connectivity index (χ1v) is 11.5. The quantitative estimate of drug-likeness (QED) is 0.420. The molecule has 3 rings (SSSR count). The van der Waals surface area contributed by atoms with Crippen LogP contribution in [0.15, 0.2) is 77.7 Å². The van der Waals surface area contributed by atoms with Gasteiger partial charge in [0, 0.05) is 5.56 Å². The molecule has 3 aromatic carbocycles. The van der Waals surface area contributed by atoms with Gasteiger partial charge in [0.15, 0.2) is 17.7 Å². The second-order valence-electron chi connectivity index (χ2n) is 6.97. The molecule has 0 aliphatic heterocycles. The molecule has 2 amide bonds. The summed E-state index contributed by atoms with van der Waals surface area (Å²) in [6, 6.07) is 17.3. The number of nitrogens with one attached hydrogen (secondary N) is 3. The van der Waals surface area contributed by atoms with E-state index in [4.69, 9.17) is 9.47 Å². The molecule has 0 bridgehead atoms. The summed E-state index contributed by atoms with van der Waals surface area (Å²) in [5.74, 6) is -1.92. The summed E-state index contributed by atoms with van der Waals surface area (Å²) >= 11 is 0. The van der Waals surface area contributed by atoms with Gasteiger partial charge in [-0.05, 0) is 49.4 Å². The number of hydrogen-bond acceptors (Lipinski definition) is 6. The number of benzene rings is 3. The van der Waals surface area contributed by atoms with Gasteiger partial charge in [0.25, 0.3) is 21.8 Å². The van der Waals surface area contributed by atoms with Crippen LogP contribution in [0.3, 0.4) is 0 Å². The third-order valence-electron chi connectivity index (χ3n) is 4.57. The highest BCUT2D eigenvalue weighted by Crippen LogP contribution is 2.26. The molecule has 3 aromatic rings. The third kappa shape index (κ3) is 6.01. The standard InChI is InChI=1S/C23H22FN3O6S/c1-15(33-20-12-5-3-10-18(20)24)22(28)25-26-23(29)16-8-7-9-17(14-16)34(30,31)27-19-11-4-6-13-21(19)32-2/h3-15,27H,1-2H3,(H,25,28)(H,26,29). The fourth-order valence-corrected chi connectivity index (χ4v) is 3.93. The molecule has 0 saturated heterocycles. The molecule has 0 fully saturated rings. The number of rotatable bonds is 8. The molecule has 0 heterocycles. The van der Waals surface area contributed by atoms with Gasteiger partial charge in [0.2, 0.25) is 0 Å². The number of hydrogen-bond donors (Lipinski definition) is 3. The van der Waals surface area contributed by atoms with Gasteiger partial charge in [0.05, 0.1) is 17.7 Å². The summed E-state index contributed by atoms with van der Waals surface area (Å²) in [4.78, 5) is 24.5. The van der Waals surface area contributed by atoms with E-state index in [0.29, 0.717) is 5.75 Å². The Morgan fingerprint density at radius 3 is 2.29 bits per heavy atom. The number of ether oxygens (including phenoxy) is 2. The van der Waals surface area contributed by atoms with Gasteiger partial charge in [-0.15, -0.1) is 0 Å². The molecule has 0 aliphatic rings. The molecule has 34 heavy (non-hydrogen) atoms. The van der Waals surface area contributed by atoms with Crippen molar-refractivity contribution in [2.75, 3.05) is 11.8 Å². The van der Waals surface area contributed by atoms with Crippen molar-refractivity contribution < 1.29 is 31.9 Å². The van der Waals surface area contributed by atoms with Crippen molar-refractivity contribution in [3.8, 4) is 11.5 Å². The lowest BCUT2D eigenvalue weighted by atomic mass is 10.2. The van der Waals surface area contributed by atoms with Crippen molar-refractivity contribution in [3.05, 3.63) is 84.2 Å². The Hall–Kier alpha value is -4.12. The third-order valence-corrected chi connectivity index (χ3v) is 5.93. The van der Waals surface area contributed by atoms with E-state index in [1.807, 2.05) is 0 Å². The predicted molar refractivity (Wildman–Crippen MR) is 122 cm³/mol. The van der Waals surface area contributed by atoms with Gasteiger partial charge in [-0.2, -0.15) is 0 Å². The van der Waals surface area contributed by atoms with Crippen molar-refractivity contribution in [1.82, 2.24) is 10.9 Å². The lowest BCUT2D eigenvalue weighted by Crippen LogP contribution is -2.47. The summed E-state index contributed by atoms with van der Waals surface area (Å²) in [6.45, 7) is 1.38. The molecule has 3 N–H and O–H groups in total. The van der Waals surface area contributed by atoms with Crippen LogP contribution < -0.4 is 25.0 Å². The Morgan fingerprint density at radius 2 is 1.59 bits per heavy atom. The van der Waals surface area contributed by atoms with Crippen LogP contribution in [0.4, 0.5) is 10.1 Å². The highest BCUT2D eigenvalue weighted by Gasteiger charge is 2.20. The second kappa shape index (κ2) is 10.7. The van der Waals surface area contributed by atoms with Crippen LogP contribution in [0.1, 0.15) is 17.3 Å². The maximum absolute atomic E-state index is 13.7. The van der Waals surface area contributed by atoms with E-state index in [1.165, 1.54) is 56.5 Å². The number of para-hydroxylation sites is 3. The molecule has 1 atom stereocenters. The van der Waals surface area contributed by atoms with Gasteiger partial charge in [-0.25, -0.2) is 12.8 Å². The monoisotopic (exact) mass is 487 g/mol. The highest BCUT2D eigenvalue weighted by atomic mass is 32.2. The number of anilines is 1. The van der Waals surface area contributed by atoms with E-state index in [1.54, 1.807) is 24.3 Å². The van der Waals surface area contributed by atoms with Crippen LogP contribution in [-0.2, 0) is 14.8 Å². The number of hydrazine groups is 1. The Labute approximate surface area is 195 Å². The summed E-state index contributed by atoms with van der Waals surface area (Å²) in [5, 5.41) is 0. The zero-order chi connectivity index (χ0) is 24.7. The Balaban J connectivity index is 1.65. The van der Waals surface area contributed by atoms with Crippen molar-refractivity contribution in [1.29, 1.82) is 0 Å². The summed E-state index contributed by atoms with van der Waals surface area (Å²) < 4.78 is 52.1. The van der Waals surface area contributed by atoms with Crippen molar-refractivity contribution >= 4 is 27.5 Å². The molecule has 0 saturated carbocycles. The minimum atomic E-state index is -4.04. The van der Waals surface area contributed by atoms with E-state index >= 15 is 0 Å². The number of halogens is 1. The minimum Gasteiger partial charge on any atom is -0.495 e. The number of sulfonamides is 1. The molecular weight excluding hydrogens is 465 g/mol. The van der Waals surface area contributed by atoms with Gasteiger partial charge < -0.3 is 9.47 Å². The largest absolute Gasteiger partial charge is 0.495 e. The maximum Gasteiger partial charge on any atom is 0.279 e. The fraction of sp³-hybridized carbons (Fsp3) is 0.130. The Kier molecular flexibility index (Phi) is 7.69. The summed E-state index contributed by atoms with van der Waals surface area (Å²) in [7, 11) is -2.63. The first-order chi connectivity index (χ1) is 16.2. The maximum atomic E-state index is 13.7. The van der Waals surface area contributed by atoms with Crippen LogP contribution in [0, 0.1) is 5.82 Å². The second-order valence-corrected chi connectivity index (χ2v) is 8.65. The van der Waals surface area contributed by atoms with Crippen LogP contribution in [0.5, 0.6) is 11.5 Å². The van der Waals surface area contributed by atoms with Crippen molar-refractivity contribution in [2.45, 2.75) is 17.9 Å². The number of amides is 2. The lowest BCUT2D eigenvalue weighted by Gasteiger charge is -2.16. The van der Waals surface area contributed by atoms with Gasteiger partial charge in [0.1, 0.15) is 5.75 Å². The zero-order valence-corrected chi connectivity index (χ0v) is 19.1. The van der Waals surface area contributed by atoms with Gasteiger partial charge in [-0.1, -0.05) is 30.3 Å². The summed E-state index contributed by atoms with van der Waals surface area (Å²) in [5.41, 5.74) is 4.56. The minimum absolute atomic E-state index is 0.0223. The fourth-order valence-electron chi connectivity index (χ4n) is 2.81. The van der Waals surface area contributed by atoms with E-state index in [-0.39, 0.29) is 21.9 Å². The predicted octanol–water partition coefficient (Wildman–Crippen LogP) is 2.86. The molecule has 178 valence electrons. The summed E-state index contributed by atoms with van der Waals surface area (Å²) in [6.07, 6.45) is -1.12. The molecule has 0 radical (unpaired) electrons. The molecule has 11 heteroatoms. The van der Waals surface area contributed by atoms with Crippen LogP contribution in [0.25, 0.3) is 0 Å². The van der Waals surface area contributed by atoms with Crippen LogP contribution in [0.2, 0.25) is 0 Å². The average Bonchev–Trinajstić information content (AvgIpc) is 2.83. The van der Waals surface area contributed by atoms with Crippen LogP contribution >= 0.6 is 0 Å². The van der Waals surface area contributed by atoms with Gasteiger partial charge in [-0.3, -0.25) is 25.2 Å². The molecule has 9 nitrogen and oxygen atoms in total. The highest BCUT2D eigenvalue weighted by molar-refractivity contribution is 7.92. The van der Waals surface area contributed by atoms with Crippen molar-refractivity contribution in [2.24, 2.45) is 0 Å². The first-order valence-electron chi connectivity index (χ1n) is 9.98. The average molecular weight is 488 g/mol. The van der Waals surface area contributed by atoms with Crippen LogP contribution in [-0.4, -0.2) is 33.4 Å². The molecular formula is C23H22FN3O6S. The Morgan fingerprint density at radius 1 is 0.912 bits per heavy atom. The van der Waals surface area contributed by atoms with E-state index in [2.05, 4.69) is 15.6 Å². The lowest BCUT2D eigenvalue weighted by molar-refractivity contribution is -0.128. The van der Waals surface area contributed by atoms with E-state index in [9.17, 15) is 22.4 Å². The normalized spacial score (nSPS) is 11.7. The number of carbonyl (C=O) groups excluding carboxylic acids is 2. The number of methoxy groups -OCH3 is 1. The van der Waals surface area contributed by atoms with Gasteiger partial charge >= 0.3 is 0 Å². The smallest absolute Gasteiger partial charge is 0.279 e. The van der Waals surface area contributed by atoms with E-state index in [0.717, 1.165) is 6.07 Å². The molecule has 0 aromatic heterocycles. The van der Waals surface area contributed by atoms with Crippen molar-refractivity contribution in [3.63, 3.8) is 0 Å². The first kappa shape index (κ1) is 24.5.